The standard InChI is InChI=1S/C12H24OS2/c1-9(2)5-4-6-11(13)12-10(3)14-7-8-15-12/h9-13H,4-8H2,1-3H3. The van der Waals surface area contributed by atoms with Gasteiger partial charge >= 0.3 is 0 Å². The quantitative estimate of drug-likeness (QED) is 0.805. The van der Waals surface area contributed by atoms with E-state index in [4.69, 9.17) is 0 Å². The van der Waals surface area contributed by atoms with Crippen molar-refractivity contribution in [3.63, 3.8) is 0 Å². The van der Waals surface area contributed by atoms with Crippen molar-refractivity contribution in [2.24, 2.45) is 5.92 Å². The Hall–Kier alpha value is 0.660. The Morgan fingerprint density at radius 2 is 1.87 bits per heavy atom. The van der Waals surface area contributed by atoms with E-state index < -0.39 is 0 Å². The van der Waals surface area contributed by atoms with Gasteiger partial charge in [-0.2, -0.15) is 23.5 Å². The minimum absolute atomic E-state index is 0.0865. The molecule has 3 atom stereocenters. The van der Waals surface area contributed by atoms with Crippen LogP contribution in [-0.4, -0.2) is 33.2 Å². The van der Waals surface area contributed by atoms with Crippen LogP contribution in [0.1, 0.15) is 40.0 Å². The van der Waals surface area contributed by atoms with Crippen molar-refractivity contribution in [2.75, 3.05) is 11.5 Å². The Balaban J connectivity index is 2.22. The topological polar surface area (TPSA) is 20.2 Å². The number of rotatable bonds is 5. The number of hydrogen-bond donors (Lipinski definition) is 1. The third kappa shape index (κ3) is 5.01. The van der Waals surface area contributed by atoms with Gasteiger partial charge in [-0.1, -0.05) is 33.6 Å². The van der Waals surface area contributed by atoms with Crippen molar-refractivity contribution in [1.29, 1.82) is 0 Å². The predicted octanol–water partition coefficient (Wildman–Crippen LogP) is 3.41. The van der Waals surface area contributed by atoms with Crippen molar-refractivity contribution in [1.82, 2.24) is 0 Å². The maximum Gasteiger partial charge on any atom is 0.0669 e. The van der Waals surface area contributed by atoms with Crippen molar-refractivity contribution in [2.45, 2.75) is 56.6 Å². The normalized spacial score (nSPS) is 29.4. The van der Waals surface area contributed by atoms with Crippen molar-refractivity contribution >= 4 is 23.5 Å². The summed E-state index contributed by atoms with van der Waals surface area (Å²) in [6, 6.07) is 0. The second-order valence-corrected chi connectivity index (χ2v) is 7.57. The summed E-state index contributed by atoms with van der Waals surface area (Å²) in [4.78, 5) is 0. The fourth-order valence-corrected chi connectivity index (χ4v) is 4.86. The Morgan fingerprint density at radius 1 is 1.20 bits per heavy atom. The first-order valence-electron chi connectivity index (χ1n) is 6.02. The maximum absolute atomic E-state index is 10.1. The van der Waals surface area contributed by atoms with Gasteiger partial charge in [0.05, 0.1) is 6.10 Å². The van der Waals surface area contributed by atoms with Crippen LogP contribution < -0.4 is 0 Å². The molecule has 90 valence electrons. The van der Waals surface area contributed by atoms with Crippen LogP contribution in [0.5, 0.6) is 0 Å². The lowest BCUT2D eigenvalue weighted by atomic mass is 10.0. The fraction of sp³-hybridized carbons (Fsp3) is 1.00. The molecule has 1 aliphatic rings. The third-order valence-electron chi connectivity index (χ3n) is 2.90. The predicted molar refractivity (Wildman–Crippen MR) is 72.9 cm³/mol. The van der Waals surface area contributed by atoms with Crippen LogP contribution in [0, 0.1) is 5.92 Å². The van der Waals surface area contributed by atoms with Crippen LogP contribution >= 0.6 is 23.5 Å². The monoisotopic (exact) mass is 248 g/mol. The van der Waals surface area contributed by atoms with Gasteiger partial charge in [0.1, 0.15) is 0 Å². The Bertz CT molecular complexity index is 173. The lowest BCUT2D eigenvalue weighted by molar-refractivity contribution is 0.156. The largest absolute Gasteiger partial charge is 0.392 e. The third-order valence-corrected chi connectivity index (χ3v) is 6.13. The van der Waals surface area contributed by atoms with E-state index in [1.165, 1.54) is 24.3 Å². The van der Waals surface area contributed by atoms with Crippen LogP contribution in [0.2, 0.25) is 0 Å². The van der Waals surface area contributed by atoms with Gasteiger partial charge in [-0.05, 0) is 12.3 Å². The Kier molecular flexibility index (Phi) is 6.48. The van der Waals surface area contributed by atoms with Gasteiger partial charge < -0.3 is 5.11 Å². The molecular weight excluding hydrogens is 224 g/mol. The molecule has 1 nitrogen and oxygen atoms in total. The zero-order chi connectivity index (χ0) is 11.3. The molecule has 0 aromatic rings. The smallest absolute Gasteiger partial charge is 0.0669 e. The van der Waals surface area contributed by atoms with Gasteiger partial charge in [-0.15, -0.1) is 0 Å². The molecule has 0 aromatic heterocycles. The van der Waals surface area contributed by atoms with Gasteiger partial charge in [-0.25, -0.2) is 0 Å². The minimum Gasteiger partial charge on any atom is -0.392 e. The summed E-state index contributed by atoms with van der Waals surface area (Å²) in [5.41, 5.74) is 0. The second kappa shape index (κ2) is 7.08. The lowest BCUT2D eigenvalue weighted by Gasteiger charge is -2.31. The molecule has 3 unspecified atom stereocenters. The van der Waals surface area contributed by atoms with E-state index >= 15 is 0 Å². The van der Waals surface area contributed by atoms with Gasteiger partial charge in [0, 0.05) is 22.0 Å². The van der Waals surface area contributed by atoms with Crippen LogP contribution in [0.15, 0.2) is 0 Å². The van der Waals surface area contributed by atoms with Gasteiger partial charge in [0.25, 0.3) is 0 Å². The van der Waals surface area contributed by atoms with E-state index in [9.17, 15) is 5.11 Å². The molecule has 1 fully saturated rings. The molecule has 0 spiro atoms. The summed E-state index contributed by atoms with van der Waals surface area (Å²) >= 11 is 3.98. The number of hydrogen-bond acceptors (Lipinski definition) is 3. The molecule has 0 amide bonds. The van der Waals surface area contributed by atoms with Crippen LogP contribution in [0.3, 0.4) is 0 Å². The summed E-state index contributed by atoms with van der Waals surface area (Å²) in [7, 11) is 0. The van der Waals surface area contributed by atoms with Gasteiger partial charge in [0.2, 0.25) is 0 Å². The molecule has 15 heavy (non-hydrogen) atoms. The van der Waals surface area contributed by atoms with E-state index in [0.717, 1.165) is 12.3 Å². The van der Waals surface area contributed by atoms with E-state index in [0.29, 0.717) is 10.5 Å². The van der Waals surface area contributed by atoms with Crippen LogP contribution in [-0.2, 0) is 0 Å². The first-order chi connectivity index (χ1) is 7.11. The molecule has 1 rings (SSSR count). The fourth-order valence-electron chi connectivity index (χ4n) is 1.97. The summed E-state index contributed by atoms with van der Waals surface area (Å²) in [6.07, 6.45) is 3.32. The lowest BCUT2D eigenvalue weighted by Crippen LogP contribution is -2.34. The molecule has 0 aliphatic carbocycles. The zero-order valence-electron chi connectivity index (χ0n) is 10.1. The van der Waals surface area contributed by atoms with Gasteiger partial charge in [-0.3, -0.25) is 0 Å². The molecule has 3 heteroatoms. The van der Waals surface area contributed by atoms with Crippen LogP contribution in [0.4, 0.5) is 0 Å². The van der Waals surface area contributed by atoms with E-state index in [-0.39, 0.29) is 6.10 Å². The molecule has 0 aromatic carbocycles. The van der Waals surface area contributed by atoms with E-state index in [1.807, 2.05) is 23.5 Å². The van der Waals surface area contributed by atoms with Crippen molar-refractivity contribution in [3.05, 3.63) is 0 Å². The van der Waals surface area contributed by atoms with E-state index in [1.54, 1.807) is 0 Å². The molecule has 0 bridgehead atoms. The van der Waals surface area contributed by atoms with Crippen molar-refractivity contribution < 1.29 is 5.11 Å². The minimum atomic E-state index is -0.0865. The molecular formula is C12H24OS2. The summed E-state index contributed by atoms with van der Waals surface area (Å²) in [6.45, 7) is 6.76. The maximum atomic E-state index is 10.1. The highest BCUT2D eigenvalue weighted by molar-refractivity contribution is 8.07. The van der Waals surface area contributed by atoms with Crippen molar-refractivity contribution in [3.8, 4) is 0 Å². The Labute approximate surface area is 103 Å². The zero-order valence-corrected chi connectivity index (χ0v) is 11.7. The number of aliphatic hydroxyl groups is 1. The van der Waals surface area contributed by atoms with E-state index in [2.05, 4.69) is 20.8 Å². The summed E-state index contributed by atoms with van der Waals surface area (Å²) < 4.78 is 0. The average molecular weight is 248 g/mol. The van der Waals surface area contributed by atoms with Gasteiger partial charge in [0.15, 0.2) is 0 Å². The number of aliphatic hydroxyl groups excluding tert-OH is 1. The highest BCUT2D eigenvalue weighted by atomic mass is 32.2. The Morgan fingerprint density at radius 3 is 2.47 bits per heavy atom. The highest BCUT2D eigenvalue weighted by Gasteiger charge is 2.28. The highest BCUT2D eigenvalue weighted by Crippen LogP contribution is 2.34. The SMILES string of the molecule is CC(C)CCCC(O)C1SCCSC1C. The van der Waals surface area contributed by atoms with Crippen LogP contribution in [0.25, 0.3) is 0 Å². The molecule has 0 saturated carbocycles. The first-order valence-corrected chi connectivity index (χ1v) is 8.12. The first kappa shape index (κ1) is 13.7. The molecule has 0 radical (unpaired) electrons. The summed E-state index contributed by atoms with van der Waals surface area (Å²) in [5, 5.41) is 11.2. The molecule has 1 N–H and O–H groups in total. The number of thioether (sulfide) groups is 2. The average Bonchev–Trinajstić information content (AvgIpc) is 2.17. The summed E-state index contributed by atoms with van der Waals surface area (Å²) in [5.74, 6) is 3.23. The molecule has 1 heterocycles. The molecule has 1 aliphatic heterocycles. The molecule has 1 saturated heterocycles. The second-order valence-electron chi connectivity index (χ2n) is 4.80.